The molecule has 0 unspecified atom stereocenters. The van der Waals surface area contributed by atoms with E-state index < -0.39 is 30.0 Å². The molecule has 5 nitrogen and oxygen atoms in total. The number of Topliss-reactive ketones (excluding diaryl/α,β-unsaturated/α-hetero) is 1. The monoisotopic (exact) mass is 348 g/mol. The van der Waals surface area contributed by atoms with E-state index >= 15 is 0 Å². The first kappa shape index (κ1) is 16.9. The molecule has 2 aromatic carbocycles. The molecule has 0 saturated heterocycles. The normalized spacial score (nSPS) is 13.0. The Morgan fingerprint density at radius 2 is 1.64 bits per heavy atom. The van der Waals surface area contributed by atoms with Gasteiger partial charge in [-0.1, -0.05) is 0 Å². The summed E-state index contributed by atoms with van der Waals surface area (Å²) in [6, 6.07) is 7.30. The van der Waals surface area contributed by atoms with Gasteiger partial charge < -0.3 is 14.2 Å². The van der Waals surface area contributed by atoms with Crippen molar-refractivity contribution in [3.05, 3.63) is 59.2 Å². The lowest BCUT2D eigenvalue weighted by atomic mass is 10.1. The van der Waals surface area contributed by atoms with Gasteiger partial charge in [0.15, 0.2) is 35.5 Å². The Kier molecular flexibility index (Phi) is 4.92. The molecule has 1 aliphatic heterocycles. The molecule has 1 aliphatic rings. The third kappa shape index (κ3) is 3.93. The van der Waals surface area contributed by atoms with Gasteiger partial charge >= 0.3 is 5.97 Å². The van der Waals surface area contributed by atoms with Crippen LogP contribution in [0.1, 0.15) is 27.1 Å². The smallest absolute Gasteiger partial charge is 0.338 e. The molecule has 7 heteroatoms. The van der Waals surface area contributed by atoms with E-state index in [9.17, 15) is 18.4 Å². The second-order valence-electron chi connectivity index (χ2n) is 5.34. The highest BCUT2D eigenvalue weighted by molar-refractivity contribution is 5.99. The standard InChI is InChI=1S/C18H14F2O5/c19-13-4-2-11(8-14(13)20)15(21)10-25-18(22)12-3-5-16-17(9-12)24-7-1-6-23-16/h2-5,8-9H,1,6-7,10H2. The molecule has 0 saturated carbocycles. The number of benzene rings is 2. The summed E-state index contributed by atoms with van der Waals surface area (Å²) in [6.45, 7) is 0.415. The van der Waals surface area contributed by atoms with E-state index in [0.717, 1.165) is 24.6 Å². The van der Waals surface area contributed by atoms with Crippen LogP contribution < -0.4 is 9.47 Å². The van der Waals surface area contributed by atoms with E-state index in [-0.39, 0.29) is 11.1 Å². The van der Waals surface area contributed by atoms with Crippen molar-refractivity contribution in [3.63, 3.8) is 0 Å². The number of ether oxygens (including phenoxy) is 3. The maximum atomic E-state index is 13.1. The van der Waals surface area contributed by atoms with Crippen LogP contribution in [0, 0.1) is 11.6 Å². The summed E-state index contributed by atoms with van der Waals surface area (Å²) in [5, 5.41) is 0. The van der Waals surface area contributed by atoms with Crippen molar-refractivity contribution >= 4 is 11.8 Å². The average Bonchev–Trinajstić information content (AvgIpc) is 2.86. The minimum atomic E-state index is -1.14. The van der Waals surface area contributed by atoms with Gasteiger partial charge in [-0.3, -0.25) is 4.79 Å². The van der Waals surface area contributed by atoms with Crippen LogP contribution in [0.15, 0.2) is 36.4 Å². The van der Waals surface area contributed by atoms with E-state index in [0.29, 0.717) is 24.7 Å². The number of ketones is 1. The molecule has 0 amide bonds. The van der Waals surface area contributed by atoms with Gasteiger partial charge in [0.2, 0.25) is 0 Å². The van der Waals surface area contributed by atoms with Crippen molar-refractivity contribution in [2.45, 2.75) is 6.42 Å². The van der Waals surface area contributed by atoms with Crippen LogP contribution in [0.2, 0.25) is 0 Å². The van der Waals surface area contributed by atoms with Crippen LogP contribution in [-0.2, 0) is 4.74 Å². The molecule has 25 heavy (non-hydrogen) atoms. The highest BCUT2D eigenvalue weighted by Crippen LogP contribution is 2.30. The summed E-state index contributed by atoms with van der Waals surface area (Å²) >= 11 is 0. The zero-order valence-electron chi connectivity index (χ0n) is 13.1. The molecule has 1 heterocycles. The SMILES string of the molecule is O=C(COC(=O)c1ccc2c(c1)OCCCO2)c1ccc(F)c(F)c1. The van der Waals surface area contributed by atoms with Gasteiger partial charge in [0.25, 0.3) is 0 Å². The highest BCUT2D eigenvalue weighted by Gasteiger charge is 2.17. The Hall–Kier alpha value is -2.96. The van der Waals surface area contributed by atoms with Gasteiger partial charge in [-0.15, -0.1) is 0 Å². The molecule has 0 fully saturated rings. The number of carbonyl (C=O) groups is 2. The number of esters is 1. The van der Waals surface area contributed by atoms with Crippen molar-refractivity contribution in [2.75, 3.05) is 19.8 Å². The molecule has 2 aromatic rings. The lowest BCUT2D eigenvalue weighted by Crippen LogP contribution is -2.14. The fourth-order valence-corrected chi connectivity index (χ4v) is 2.26. The van der Waals surface area contributed by atoms with Crippen molar-refractivity contribution in [1.29, 1.82) is 0 Å². The Bertz CT molecular complexity index is 819. The minimum absolute atomic E-state index is 0.0784. The number of fused-ring (bicyclic) bond motifs is 1. The van der Waals surface area contributed by atoms with Crippen molar-refractivity contribution < 1.29 is 32.6 Å². The van der Waals surface area contributed by atoms with Crippen molar-refractivity contribution in [1.82, 2.24) is 0 Å². The lowest BCUT2D eigenvalue weighted by molar-refractivity contribution is 0.0474. The molecule has 0 atom stereocenters. The number of hydrogen-bond acceptors (Lipinski definition) is 5. The molecule has 0 aromatic heterocycles. The molecular formula is C18H14F2O5. The summed E-state index contributed by atoms with van der Waals surface area (Å²) in [5.74, 6) is -2.60. The fraction of sp³-hybridized carbons (Fsp3) is 0.222. The number of halogens is 2. The summed E-state index contributed by atoms with van der Waals surface area (Å²) in [7, 11) is 0. The molecule has 0 radical (unpaired) electrons. The maximum absolute atomic E-state index is 13.1. The Morgan fingerprint density at radius 1 is 0.920 bits per heavy atom. The predicted molar refractivity (Wildman–Crippen MR) is 83.0 cm³/mol. The third-order valence-electron chi connectivity index (χ3n) is 3.56. The third-order valence-corrected chi connectivity index (χ3v) is 3.56. The van der Waals surface area contributed by atoms with Crippen LogP contribution in [0.4, 0.5) is 8.78 Å². The van der Waals surface area contributed by atoms with Crippen molar-refractivity contribution in [2.24, 2.45) is 0 Å². The molecular weight excluding hydrogens is 334 g/mol. The predicted octanol–water partition coefficient (Wildman–Crippen LogP) is 3.17. The van der Waals surface area contributed by atoms with E-state index in [2.05, 4.69) is 0 Å². The molecule has 0 bridgehead atoms. The van der Waals surface area contributed by atoms with Gasteiger partial charge in [-0.2, -0.15) is 0 Å². The highest BCUT2D eigenvalue weighted by atomic mass is 19.2. The maximum Gasteiger partial charge on any atom is 0.338 e. The largest absolute Gasteiger partial charge is 0.490 e. The summed E-state index contributed by atoms with van der Waals surface area (Å²) < 4.78 is 41.9. The minimum Gasteiger partial charge on any atom is -0.490 e. The summed E-state index contributed by atoms with van der Waals surface area (Å²) in [6.07, 6.45) is 0.733. The average molecular weight is 348 g/mol. The van der Waals surface area contributed by atoms with Crippen LogP contribution in [0.5, 0.6) is 11.5 Å². The Labute approximate surface area is 142 Å². The Morgan fingerprint density at radius 3 is 2.40 bits per heavy atom. The van der Waals surface area contributed by atoms with E-state index in [4.69, 9.17) is 14.2 Å². The van der Waals surface area contributed by atoms with E-state index in [1.54, 1.807) is 6.07 Å². The quantitative estimate of drug-likeness (QED) is 0.627. The van der Waals surface area contributed by atoms with Crippen LogP contribution in [0.3, 0.4) is 0 Å². The topological polar surface area (TPSA) is 61.8 Å². The fourth-order valence-electron chi connectivity index (χ4n) is 2.26. The van der Waals surface area contributed by atoms with Gasteiger partial charge in [0.05, 0.1) is 18.8 Å². The van der Waals surface area contributed by atoms with Gasteiger partial charge in [-0.05, 0) is 36.4 Å². The van der Waals surface area contributed by atoms with Crippen LogP contribution in [-0.4, -0.2) is 31.6 Å². The Balaban J connectivity index is 1.65. The first-order chi connectivity index (χ1) is 12.0. The number of rotatable bonds is 4. The van der Waals surface area contributed by atoms with Crippen LogP contribution >= 0.6 is 0 Å². The van der Waals surface area contributed by atoms with Gasteiger partial charge in [0.1, 0.15) is 0 Å². The van der Waals surface area contributed by atoms with Gasteiger partial charge in [0, 0.05) is 12.0 Å². The summed E-state index contributed by atoms with van der Waals surface area (Å²) in [5.41, 5.74) is 0.118. The number of hydrogen-bond donors (Lipinski definition) is 0. The molecule has 0 aliphatic carbocycles. The first-order valence-electron chi connectivity index (χ1n) is 7.59. The lowest BCUT2D eigenvalue weighted by Gasteiger charge is -2.09. The van der Waals surface area contributed by atoms with E-state index in [1.807, 2.05) is 0 Å². The van der Waals surface area contributed by atoms with Crippen molar-refractivity contribution in [3.8, 4) is 11.5 Å². The van der Waals surface area contributed by atoms with E-state index in [1.165, 1.54) is 12.1 Å². The first-order valence-corrected chi connectivity index (χ1v) is 7.59. The summed E-state index contributed by atoms with van der Waals surface area (Å²) in [4.78, 5) is 24.0. The zero-order valence-corrected chi connectivity index (χ0v) is 13.1. The molecule has 3 rings (SSSR count). The number of carbonyl (C=O) groups excluding carboxylic acids is 2. The second-order valence-corrected chi connectivity index (χ2v) is 5.34. The van der Waals surface area contributed by atoms with Gasteiger partial charge in [-0.25, -0.2) is 13.6 Å². The zero-order chi connectivity index (χ0) is 17.8. The second kappa shape index (κ2) is 7.29. The molecule has 0 N–H and O–H groups in total. The van der Waals surface area contributed by atoms with Crippen LogP contribution in [0.25, 0.3) is 0 Å². The molecule has 0 spiro atoms. The molecule has 130 valence electrons.